The minimum atomic E-state index is -0.120. The van der Waals surface area contributed by atoms with Crippen LogP contribution in [0.25, 0.3) is 11.5 Å². The molecule has 0 aliphatic carbocycles. The zero-order valence-corrected chi connectivity index (χ0v) is 10.4. The van der Waals surface area contributed by atoms with Gasteiger partial charge in [0, 0.05) is 11.5 Å². The molecule has 0 radical (unpaired) electrons. The van der Waals surface area contributed by atoms with Crippen LogP contribution in [0.2, 0.25) is 0 Å². The molecule has 1 saturated heterocycles. The SMILES string of the molecule is N#C[C@@H]1C[C@@H](c2nnc(-c3ccccc3)o2)CCN1. The number of hydrogen-bond donors (Lipinski definition) is 1. The molecule has 19 heavy (non-hydrogen) atoms. The number of aromatic nitrogens is 2. The summed E-state index contributed by atoms with van der Waals surface area (Å²) in [6.45, 7) is 0.811. The van der Waals surface area contributed by atoms with Crippen LogP contribution in [0.15, 0.2) is 34.7 Å². The molecule has 5 heteroatoms. The standard InChI is InChI=1S/C14H14N4O/c15-9-12-8-11(6-7-16-12)14-18-17-13(19-14)10-4-2-1-3-5-10/h1-5,11-12,16H,6-8H2/t11-,12-/m0/s1. The highest BCUT2D eigenvalue weighted by atomic mass is 16.4. The molecule has 2 heterocycles. The van der Waals surface area contributed by atoms with Gasteiger partial charge in [-0.25, -0.2) is 0 Å². The maximum atomic E-state index is 8.96. The number of hydrogen-bond acceptors (Lipinski definition) is 5. The molecule has 1 aliphatic rings. The third kappa shape index (κ3) is 2.49. The quantitative estimate of drug-likeness (QED) is 0.888. The monoisotopic (exact) mass is 254 g/mol. The highest BCUT2D eigenvalue weighted by molar-refractivity contribution is 5.51. The molecule has 5 nitrogen and oxygen atoms in total. The number of nitriles is 1. The van der Waals surface area contributed by atoms with E-state index in [1.165, 1.54) is 0 Å². The Morgan fingerprint density at radius 1 is 1.26 bits per heavy atom. The summed E-state index contributed by atoms with van der Waals surface area (Å²) < 4.78 is 5.74. The molecule has 1 aromatic heterocycles. The van der Waals surface area contributed by atoms with Gasteiger partial charge in [-0.1, -0.05) is 18.2 Å². The molecule has 0 unspecified atom stereocenters. The summed E-state index contributed by atoms with van der Waals surface area (Å²) in [5, 5.41) is 20.3. The Morgan fingerprint density at radius 3 is 2.89 bits per heavy atom. The van der Waals surface area contributed by atoms with E-state index in [2.05, 4.69) is 21.6 Å². The van der Waals surface area contributed by atoms with Crippen LogP contribution in [0.1, 0.15) is 24.7 Å². The molecule has 1 aliphatic heterocycles. The van der Waals surface area contributed by atoms with E-state index < -0.39 is 0 Å². The van der Waals surface area contributed by atoms with Gasteiger partial charge in [-0.05, 0) is 31.5 Å². The largest absolute Gasteiger partial charge is 0.420 e. The summed E-state index contributed by atoms with van der Waals surface area (Å²) in [7, 11) is 0. The molecule has 0 spiro atoms. The molecule has 96 valence electrons. The van der Waals surface area contributed by atoms with Gasteiger partial charge in [0.2, 0.25) is 11.8 Å². The van der Waals surface area contributed by atoms with E-state index in [9.17, 15) is 0 Å². The van der Waals surface area contributed by atoms with Crippen LogP contribution in [-0.4, -0.2) is 22.8 Å². The third-order valence-corrected chi connectivity index (χ3v) is 3.37. The first-order valence-corrected chi connectivity index (χ1v) is 6.38. The molecular weight excluding hydrogens is 240 g/mol. The topological polar surface area (TPSA) is 74.7 Å². The van der Waals surface area contributed by atoms with Crippen LogP contribution in [0, 0.1) is 11.3 Å². The van der Waals surface area contributed by atoms with Gasteiger partial charge in [-0.15, -0.1) is 10.2 Å². The summed E-state index contributed by atoms with van der Waals surface area (Å²) in [4.78, 5) is 0. The van der Waals surface area contributed by atoms with Crippen LogP contribution in [0.4, 0.5) is 0 Å². The van der Waals surface area contributed by atoms with Crippen molar-refractivity contribution in [2.24, 2.45) is 0 Å². The summed E-state index contributed by atoms with van der Waals surface area (Å²) in [6.07, 6.45) is 1.65. The number of rotatable bonds is 2. The van der Waals surface area contributed by atoms with Gasteiger partial charge < -0.3 is 9.73 Å². The lowest BCUT2D eigenvalue weighted by molar-refractivity contribution is 0.351. The molecule has 0 bridgehead atoms. The van der Waals surface area contributed by atoms with Gasteiger partial charge in [0.05, 0.1) is 12.1 Å². The van der Waals surface area contributed by atoms with Crippen molar-refractivity contribution in [1.29, 1.82) is 5.26 Å². The Hall–Kier alpha value is -2.19. The van der Waals surface area contributed by atoms with Gasteiger partial charge in [-0.2, -0.15) is 5.26 Å². The Balaban J connectivity index is 1.80. The normalized spacial score (nSPS) is 22.9. The first-order chi connectivity index (χ1) is 9.36. The molecule has 2 aromatic rings. The van der Waals surface area contributed by atoms with E-state index in [0.717, 1.165) is 24.9 Å². The second-order valence-electron chi connectivity index (χ2n) is 4.67. The average Bonchev–Trinajstić information content (AvgIpc) is 2.98. The van der Waals surface area contributed by atoms with Crippen LogP contribution >= 0.6 is 0 Å². The molecule has 0 amide bonds. The van der Waals surface area contributed by atoms with Gasteiger partial charge >= 0.3 is 0 Å². The van der Waals surface area contributed by atoms with Crippen LogP contribution in [-0.2, 0) is 0 Å². The number of nitrogens with zero attached hydrogens (tertiary/aromatic N) is 3. The predicted octanol–water partition coefficient (Wildman–Crippen LogP) is 2.10. The summed E-state index contributed by atoms with van der Waals surface area (Å²) in [5.74, 6) is 1.36. The van der Waals surface area contributed by atoms with Crippen LogP contribution in [0.5, 0.6) is 0 Å². The second-order valence-corrected chi connectivity index (χ2v) is 4.67. The molecule has 1 aromatic carbocycles. The van der Waals surface area contributed by atoms with E-state index in [4.69, 9.17) is 9.68 Å². The van der Waals surface area contributed by atoms with E-state index in [0.29, 0.717) is 11.8 Å². The van der Waals surface area contributed by atoms with E-state index in [-0.39, 0.29) is 12.0 Å². The van der Waals surface area contributed by atoms with E-state index >= 15 is 0 Å². The first kappa shape index (κ1) is 11.9. The van der Waals surface area contributed by atoms with Crippen molar-refractivity contribution in [3.05, 3.63) is 36.2 Å². The number of nitrogens with one attached hydrogen (secondary N) is 1. The van der Waals surface area contributed by atoms with Crippen LogP contribution in [0.3, 0.4) is 0 Å². The molecule has 1 fully saturated rings. The smallest absolute Gasteiger partial charge is 0.247 e. The lowest BCUT2D eigenvalue weighted by Gasteiger charge is -2.23. The van der Waals surface area contributed by atoms with E-state index in [1.807, 2.05) is 30.3 Å². The fourth-order valence-corrected chi connectivity index (χ4v) is 2.34. The predicted molar refractivity (Wildman–Crippen MR) is 69.1 cm³/mol. The summed E-state index contributed by atoms with van der Waals surface area (Å²) >= 11 is 0. The summed E-state index contributed by atoms with van der Waals surface area (Å²) in [6, 6.07) is 11.8. The fourth-order valence-electron chi connectivity index (χ4n) is 2.34. The maximum Gasteiger partial charge on any atom is 0.247 e. The van der Waals surface area contributed by atoms with Crippen molar-refractivity contribution >= 4 is 0 Å². The van der Waals surface area contributed by atoms with Crippen molar-refractivity contribution in [2.45, 2.75) is 24.8 Å². The van der Waals surface area contributed by atoms with Crippen molar-refractivity contribution < 1.29 is 4.42 Å². The highest BCUT2D eigenvalue weighted by Gasteiger charge is 2.26. The van der Waals surface area contributed by atoms with Crippen molar-refractivity contribution in [1.82, 2.24) is 15.5 Å². The molecule has 0 saturated carbocycles. The van der Waals surface area contributed by atoms with Crippen molar-refractivity contribution in [3.8, 4) is 17.5 Å². The first-order valence-electron chi connectivity index (χ1n) is 6.38. The number of piperidine rings is 1. The highest BCUT2D eigenvalue weighted by Crippen LogP contribution is 2.28. The molecule has 3 rings (SSSR count). The second kappa shape index (κ2) is 5.21. The Bertz CT molecular complexity index is 587. The Labute approximate surface area is 111 Å². The molecule has 1 N–H and O–H groups in total. The molecule has 2 atom stereocenters. The molecular formula is C14H14N4O. The zero-order chi connectivity index (χ0) is 13.1. The number of benzene rings is 1. The average molecular weight is 254 g/mol. The third-order valence-electron chi connectivity index (χ3n) is 3.37. The minimum absolute atomic E-state index is 0.120. The van der Waals surface area contributed by atoms with Crippen molar-refractivity contribution in [3.63, 3.8) is 0 Å². The van der Waals surface area contributed by atoms with E-state index in [1.54, 1.807) is 0 Å². The lowest BCUT2D eigenvalue weighted by Crippen LogP contribution is -2.36. The zero-order valence-electron chi connectivity index (χ0n) is 10.4. The van der Waals surface area contributed by atoms with Gasteiger partial charge in [0.15, 0.2) is 0 Å². The Kier molecular flexibility index (Phi) is 3.25. The minimum Gasteiger partial charge on any atom is -0.420 e. The van der Waals surface area contributed by atoms with Crippen molar-refractivity contribution in [2.75, 3.05) is 6.54 Å². The summed E-state index contributed by atoms with van der Waals surface area (Å²) in [5.41, 5.74) is 0.923. The van der Waals surface area contributed by atoms with Gasteiger partial charge in [0.1, 0.15) is 0 Å². The van der Waals surface area contributed by atoms with Gasteiger partial charge in [-0.3, -0.25) is 0 Å². The lowest BCUT2D eigenvalue weighted by atomic mass is 9.93. The van der Waals surface area contributed by atoms with Crippen LogP contribution < -0.4 is 5.32 Å². The Morgan fingerprint density at radius 2 is 2.11 bits per heavy atom. The fraction of sp³-hybridized carbons (Fsp3) is 0.357. The van der Waals surface area contributed by atoms with Gasteiger partial charge in [0.25, 0.3) is 0 Å². The maximum absolute atomic E-state index is 8.96.